The van der Waals surface area contributed by atoms with Gasteiger partial charge in [-0.3, -0.25) is 19.5 Å². The standard InChI is InChI=1S/C30H23N3O3S/c1-17(2)19-13-14-22-24(16-19)37-30(32-22)33-26(23-12-5-6-15-31-23)25(28(35)29(33)36)27(34)21-11-7-9-18-8-3-4-10-20(18)21/h3-17,26,34H,1-2H3/b27-25+. The van der Waals surface area contributed by atoms with Gasteiger partial charge in [0.2, 0.25) is 0 Å². The maximum absolute atomic E-state index is 13.5. The summed E-state index contributed by atoms with van der Waals surface area (Å²) in [6, 6.07) is 23.6. The Bertz CT molecular complexity index is 1720. The molecule has 1 amide bonds. The van der Waals surface area contributed by atoms with E-state index in [-0.39, 0.29) is 11.3 Å². The van der Waals surface area contributed by atoms with Gasteiger partial charge in [-0.1, -0.05) is 79.8 Å². The lowest BCUT2D eigenvalue weighted by molar-refractivity contribution is -0.132. The molecule has 0 aliphatic carbocycles. The molecule has 1 fully saturated rings. The van der Waals surface area contributed by atoms with E-state index in [1.54, 1.807) is 30.5 Å². The van der Waals surface area contributed by atoms with Crippen molar-refractivity contribution < 1.29 is 14.7 Å². The SMILES string of the molecule is CC(C)c1ccc2nc(N3C(=O)C(=O)/C(=C(/O)c4cccc5ccccc45)C3c3ccccn3)sc2c1. The average Bonchev–Trinajstić information content (AvgIpc) is 3.46. The smallest absolute Gasteiger partial charge is 0.301 e. The first-order chi connectivity index (χ1) is 17.9. The first-order valence-corrected chi connectivity index (χ1v) is 12.9. The number of thiazole rings is 1. The molecule has 1 aliphatic heterocycles. The third-order valence-electron chi connectivity index (χ3n) is 6.73. The van der Waals surface area contributed by atoms with Crippen LogP contribution in [0.2, 0.25) is 0 Å². The van der Waals surface area contributed by atoms with E-state index < -0.39 is 17.7 Å². The van der Waals surface area contributed by atoms with Crippen LogP contribution in [-0.4, -0.2) is 26.8 Å². The van der Waals surface area contributed by atoms with E-state index in [9.17, 15) is 14.7 Å². The van der Waals surface area contributed by atoms with E-state index in [4.69, 9.17) is 4.98 Å². The molecule has 182 valence electrons. The second kappa shape index (κ2) is 8.94. The number of amides is 1. The predicted molar refractivity (Wildman–Crippen MR) is 147 cm³/mol. The Morgan fingerprint density at radius 3 is 2.54 bits per heavy atom. The number of aromatic nitrogens is 2. The fourth-order valence-corrected chi connectivity index (χ4v) is 5.86. The predicted octanol–water partition coefficient (Wildman–Crippen LogP) is 6.59. The normalized spacial score (nSPS) is 17.4. The second-order valence-corrected chi connectivity index (χ2v) is 10.3. The van der Waals surface area contributed by atoms with Gasteiger partial charge in [0.05, 0.1) is 21.5 Å². The van der Waals surface area contributed by atoms with Crippen LogP contribution in [0.3, 0.4) is 0 Å². The van der Waals surface area contributed by atoms with Crippen LogP contribution < -0.4 is 4.90 Å². The molecule has 37 heavy (non-hydrogen) atoms. The number of aliphatic hydroxyl groups is 1. The largest absolute Gasteiger partial charge is 0.507 e. The first kappa shape index (κ1) is 23.1. The van der Waals surface area contributed by atoms with Crippen LogP contribution in [0.1, 0.15) is 42.6 Å². The summed E-state index contributed by atoms with van der Waals surface area (Å²) >= 11 is 1.35. The molecule has 3 aromatic carbocycles. The number of hydrogen-bond donors (Lipinski definition) is 1. The van der Waals surface area contributed by atoms with Crippen molar-refractivity contribution in [3.8, 4) is 0 Å². The average molecular weight is 506 g/mol. The van der Waals surface area contributed by atoms with Gasteiger partial charge in [0.15, 0.2) is 5.13 Å². The second-order valence-electron chi connectivity index (χ2n) is 9.33. The fraction of sp³-hybridized carbons (Fsp3) is 0.133. The highest BCUT2D eigenvalue weighted by Gasteiger charge is 2.49. The molecule has 1 unspecified atom stereocenters. The van der Waals surface area contributed by atoms with Crippen molar-refractivity contribution in [2.75, 3.05) is 4.90 Å². The zero-order chi connectivity index (χ0) is 25.7. The monoisotopic (exact) mass is 505 g/mol. The number of rotatable bonds is 4. The molecule has 1 N–H and O–H groups in total. The van der Waals surface area contributed by atoms with Gasteiger partial charge in [-0.15, -0.1) is 0 Å². The van der Waals surface area contributed by atoms with E-state index in [2.05, 4.69) is 24.9 Å². The van der Waals surface area contributed by atoms with Crippen LogP contribution in [0.4, 0.5) is 5.13 Å². The quantitative estimate of drug-likeness (QED) is 0.169. The molecule has 0 bridgehead atoms. The number of benzene rings is 3. The molecule has 6 rings (SSSR count). The summed E-state index contributed by atoms with van der Waals surface area (Å²) in [7, 11) is 0. The van der Waals surface area contributed by atoms with E-state index >= 15 is 0 Å². The van der Waals surface area contributed by atoms with E-state index in [1.165, 1.54) is 21.8 Å². The lowest BCUT2D eigenvalue weighted by atomic mass is 9.95. The highest BCUT2D eigenvalue weighted by Crippen LogP contribution is 2.44. The Morgan fingerprint density at radius 2 is 1.76 bits per heavy atom. The number of aliphatic hydroxyl groups excluding tert-OH is 1. The van der Waals surface area contributed by atoms with Crippen molar-refractivity contribution >= 4 is 54.9 Å². The molecule has 3 heterocycles. The number of ketones is 1. The summed E-state index contributed by atoms with van der Waals surface area (Å²) < 4.78 is 0.928. The number of pyridine rings is 1. The molecule has 5 aromatic rings. The molecule has 2 aromatic heterocycles. The van der Waals surface area contributed by atoms with Gasteiger partial charge in [0, 0.05) is 11.8 Å². The van der Waals surface area contributed by atoms with Gasteiger partial charge in [-0.25, -0.2) is 4.98 Å². The van der Waals surface area contributed by atoms with Gasteiger partial charge in [0.1, 0.15) is 11.8 Å². The maximum atomic E-state index is 13.5. The molecular formula is C30H23N3O3S. The first-order valence-electron chi connectivity index (χ1n) is 12.0. The molecule has 1 saturated heterocycles. The lowest BCUT2D eigenvalue weighted by Crippen LogP contribution is -2.29. The van der Waals surface area contributed by atoms with E-state index in [0.717, 1.165) is 21.0 Å². The van der Waals surface area contributed by atoms with Crippen LogP contribution in [0, 0.1) is 0 Å². The summed E-state index contributed by atoms with van der Waals surface area (Å²) in [6.45, 7) is 4.24. The van der Waals surface area contributed by atoms with Gasteiger partial charge in [-0.2, -0.15) is 0 Å². The van der Waals surface area contributed by atoms with Crippen molar-refractivity contribution in [1.29, 1.82) is 0 Å². The Hall–Kier alpha value is -4.36. The molecular weight excluding hydrogens is 482 g/mol. The van der Waals surface area contributed by atoms with Crippen LogP contribution in [0.15, 0.2) is 90.6 Å². The zero-order valence-corrected chi connectivity index (χ0v) is 21.1. The van der Waals surface area contributed by atoms with Crippen molar-refractivity contribution in [3.05, 3.63) is 107 Å². The summed E-state index contributed by atoms with van der Waals surface area (Å²) in [6.07, 6.45) is 1.61. The minimum Gasteiger partial charge on any atom is -0.507 e. The van der Waals surface area contributed by atoms with Gasteiger partial charge >= 0.3 is 5.91 Å². The van der Waals surface area contributed by atoms with Crippen LogP contribution in [0.25, 0.3) is 26.7 Å². The molecule has 0 spiro atoms. The maximum Gasteiger partial charge on any atom is 0.301 e. The summed E-state index contributed by atoms with van der Waals surface area (Å²) in [4.78, 5) is 37.6. The van der Waals surface area contributed by atoms with Gasteiger partial charge in [-0.05, 0) is 46.5 Å². The number of fused-ring (bicyclic) bond motifs is 2. The topological polar surface area (TPSA) is 83.4 Å². The molecule has 7 heteroatoms. The number of nitrogens with zero attached hydrogens (tertiary/aromatic N) is 3. The Labute approximate surface area is 217 Å². The van der Waals surface area contributed by atoms with Crippen molar-refractivity contribution in [2.45, 2.75) is 25.8 Å². The minimum absolute atomic E-state index is 0.00202. The number of anilines is 1. The third kappa shape index (κ3) is 3.79. The number of Topliss-reactive ketones (excluding diaryl/α,β-unsaturated/α-hetero) is 1. The highest BCUT2D eigenvalue weighted by molar-refractivity contribution is 7.22. The van der Waals surface area contributed by atoms with Crippen LogP contribution >= 0.6 is 11.3 Å². The van der Waals surface area contributed by atoms with Gasteiger partial charge < -0.3 is 5.11 Å². The third-order valence-corrected chi connectivity index (χ3v) is 7.75. The van der Waals surface area contributed by atoms with Crippen molar-refractivity contribution in [2.24, 2.45) is 0 Å². The summed E-state index contributed by atoms with van der Waals surface area (Å²) in [5, 5.41) is 13.7. The van der Waals surface area contributed by atoms with Crippen molar-refractivity contribution in [1.82, 2.24) is 9.97 Å². The summed E-state index contributed by atoms with van der Waals surface area (Å²) in [5.74, 6) is -1.38. The van der Waals surface area contributed by atoms with Crippen LogP contribution in [0.5, 0.6) is 0 Å². The van der Waals surface area contributed by atoms with Crippen molar-refractivity contribution in [3.63, 3.8) is 0 Å². The zero-order valence-electron chi connectivity index (χ0n) is 20.3. The molecule has 6 nitrogen and oxygen atoms in total. The Balaban J connectivity index is 1.57. The molecule has 1 aliphatic rings. The Morgan fingerprint density at radius 1 is 0.973 bits per heavy atom. The lowest BCUT2D eigenvalue weighted by Gasteiger charge is -2.22. The minimum atomic E-state index is -0.912. The highest BCUT2D eigenvalue weighted by atomic mass is 32.1. The molecule has 0 radical (unpaired) electrons. The summed E-state index contributed by atoms with van der Waals surface area (Å²) in [5.41, 5.74) is 2.89. The number of hydrogen-bond acceptors (Lipinski definition) is 6. The van der Waals surface area contributed by atoms with Crippen LogP contribution in [-0.2, 0) is 9.59 Å². The van der Waals surface area contributed by atoms with Gasteiger partial charge in [0.25, 0.3) is 5.78 Å². The van der Waals surface area contributed by atoms with E-state index in [1.807, 2.05) is 48.5 Å². The number of carbonyl (C=O) groups is 2. The molecule has 0 saturated carbocycles. The Kier molecular flexibility index (Phi) is 5.57. The molecule has 1 atom stereocenters. The van der Waals surface area contributed by atoms with E-state index in [0.29, 0.717) is 22.3 Å². The fourth-order valence-electron chi connectivity index (χ4n) is 4.82. The number of carbonyl (C=O) groups excluding carboxylic acids is 2.